The lowest BCUT2D eigenvalue weighted by atomic mass is 9.85. The van der Waals surface area contributed by atoms with Crippen LogP contribution in [-0.2, 0) is 30.2 Å². The Labute approximate surface area is 253 Å². The highest BCUT2D eigenvalue weighted by Gasteiger charge is 2.36. The lowest BCUT2D eigenvalue weighted by Gasteiger charge is -2.39. The number of nitrogen functional groups attached to an aromatic ring is 1. The molecule has 0 aliphatic carbocycles. The average molecular weight is 610 g/mol. The summed E-state index contributed by atoms with van der Waals surface area (Å²) in [7, 11) is 3.11. The van der Waals surface area contributed by atoms with E-state index in [0.29, 0.717) is 72.2 Å². The molecule has 1 aliphatic heterocycles. The van der Waals surface area contributed by atoms with Crippen LogP contribution in [0, 0.1) is 6.92 Å². The molecule has 1 unspecified atom stereocenters. The summed E-state index contributed by atoms with van der Waals surface area (Å²) < 4.78 is 62.6. The Morgan fingerprint density at radius 3 is 2.45 bits per heavy atom. The van der Waals surface area contributed by atoms with Crippen molar-refractivity contribution >= 4 is 11.6 Å². The number of methoxy groups -OCH3 is 2. The molecule has 0 spiro atoms. The van der Waals surface area contributed by atoms with Crippen LogP contribution in [0.3, 0.4) is 0 Å². The molecule has 2 heterocycles. The van der Waals surface area contributed by atoms with Crippen LogP contribution in [0.2, 0.25) is 0 Å². The molecule has 0 fully saturated rings. The Kier molecular flexibility index (Phi) is 9.03. The van der Waals surface area contributed by atoms with Crippen LogP contribution in [0.1, 0.15) is 51.5 Å². The first-order chi connectivity index (χ1) is 21.1. The van der Waals surface area contributed by atoms with E-state index in [9.17, 15) is 18.0 Å². The zero-order valence-corrected chi connectivity index (χ0v) is 24.7. The van der Waals surface area contributed by atoms with E-state index in [2.05, 4.69) is 5.16 Å². The number of hydrogen-bond acceptors (Lipinski definition) is 7. The van der Waals surface area contributed by atoms with E-state index in [1.54, 1.807) is 38.2 Å². The number of anilines is 1. The van der Waals surface area contributed by atoms with E-state index < -0.39 is 17.8 Å². The van der Waals surface area contributed by atoms with Crippen LogP contribution in [0.15, 0.2) is 65.4 Å². The minimum Gasteiger partial charge on any atom is -0.495 e. The van der Waals surface area contributed by atoms with Gasteiger partial charge in [0, 0.05) is 31.9 Å². The third-order valence-electron chi connectivity index (χ3n) is 7.89. The number of nitrogens with two attached hydrogens (primary N) is 1. The maximum Gasteiger partial charge on any atom is 0.416 e. The van der Waals surface area contributed by atoms with Crippen molar-refractivity contribution in [3.05, 3.63) is 99.9 Å². The molecule has 1 aliphatic rings. The van der Waals surface area contributed by atoms with E-state index in [4.69, 9.17) is 24.5 Å². The predicted molar refractivity (Wildman–Crippen MR) is 158 cm³/mol. The van der Waals surface area contributed by atoms with Gasteiger partial charge in [0.1, 0.15) is 12.0 Å². The third kappa shape index (κ3) is 6.61. The second-order valence-corrected chi connectivity index (χ2v) is 10.7. The number of benzene rings is 3. The normalized spacial score (nSPS) is 14.7. The number of halogens is 3. The molecule has 3 aromatic carbocycles. The smallest absolute Gasteiger partial charge is 0.416 e. The van der Waals surface area contributed by atoms with Crippen molar-refractivity contribution in [3.63, 3.8) is 0 Å². The Bertz CT molecular complexity index is 1620. The zero-order chi connectivity index (χ0) is 31.4. The molecule has 11 heteroatoms. The number of aryl methyl sites for hydroxylation is 2. The second kappa shape index (κ2) is 12.9. The number of hydrogen-bond donors (Lipinski definition) is 1. The molecule has 5 rings (SSSR count). The highest BCUT2D eigenvalue weighted by Crippen LogP contribution is 2.43. The molecule has 1 atom stereocenters. The summed E-state index contributed by atoms with van der Waals surface area (Å²) in [6.45, 7) is 2.33. The standard InChI is InChI=1S/C33H34F3N3O5/c1-20-16-23(33(34,35)36)5-7-25(20)32-26-19-30(43-14-11-21-4-8-28(41-2)27(37)17-21)29(42-3)18-22(26)10-13-39(32)31(40)9-6-24-12-15-44-38-24/h4-5,7-8,12,15-19,32H,6,9-11,13-14,37H2,1-3H3. The molecule has 1 aromatic heterocycles. The largest absolute Gasteiger partial charge is 0.495 e. The van der Waals surface area contributed by atoms with Gasteiger partial charge >= 0.3 is 6.18 Å². The number of ether oxygens (including phenoxy) is 3. The maximum atomic E-state index is 13.6. The molecular weight excluding hydrogens is 575 g/mol. The van der Waals surface area contributed by atoms with Gasteiger partial charge in [-0.25, -0.2) is 0 Å². The van der Waals surface area contributed by atoms with Crippen molar-refractivity contribution < 1.29 is 36.7 Å². The highest BCUT2D eigenvalue weighted by molar-refractivity contribution is 5.78. The number of carbonyl (C=O) groups is 1. The predicted octanol–water partition coefficient (Wildman–Crippen LogP) is 6.33. The number of nitrogens with zero attached hydrogens (tertiary/aromatic N) is 2. The van der Waals surface area contributed by atoms with E-state index in [1.807, 2.05) is 24.3 Å². The number of amides is 1. The fourth-order valence-corrected chi connectivity index (χ4v) is 5.63. The van der Waals surface area contributed by atoms with Crippen LogP contribution >= 0.6 is 0 Å². The molecule has 0 saturated carbocycles. The number of alkyl halides is 3. The van der Waals surface area contributed by atoms with Crippen molar-refractivity contribution in [2.75, 3.05) is 33.1 Å². The Morgan fingerprint density at radius 1 is 1.00 bits per heavy atom. The maximum absolute atomic E-state index is 13.6. The molecule has 0 radical (unpaired) electrons. The van der Waals surface area contributed by atoms with Gasteiger partial charge < -0.3 is 29.4 Å². The minimum absolute atomic E-state index is 0.140. The number of fused-ring (bicyclic) bond motifs is 1. The number of rotatable bonds is 10. The lowest BCUT2D eigenvalue weighted by molar-refractivity contribution is -0.138. The van der Waals surface area contributed by atoms with Gasteiger partial charge in [-0.3, -0.25) is 4.79 Å². The topological polar surface area (TPSA) is 100 Å². The summed E-state index contributed by atoms with van der Waals surface area (Å²) >= 11 is 0. The van der Waals surface area contributed by atoms with Gasteiger partial charge in [0.05, 0.1) is 43.8 Å². The van der Waals surface area contributed by atoms with Crippen molar-refractivity contribution in [3.8, 4) is 17.2 Å². The van der Waals surface area contributed by atoms with Crippen LogP contribution in [0.25, 0.3) is 0 Å². The number of aromatic nitrogens is 1. The quantitative estimate of drug-likeness (QED) is 0.210. The van der Waals surface area contributed by atoms with Crippen molar-refractivity contribution in [2.45, 2.75) is 44.8 Å². The molecule has 8 nitrogen and oxygen atoms in total. The first kappa shape index (κ1) is 30.8. The average Bonchev–Trinajstić information content (AvgIpc) is 3.52. The van der Waals surface area contributed by atoms with Crippen LogP contribution in [0.4, 0.5) is 18.9 Å². The monoisotopic (exact) mass is 609 g/mol. The minimum atomic E-state index is -4.48. The number of carbonyl (C=O) groups excluding carboxylic acids is 1. The van der Waals surface area contributed by atoms with Gasteiger partial charge in [0.2, 0.25) is 5.91 Å². The fourth-order valence-electron chi connectivity index (χ4n) is 5.63. The van der Waals surface area contributed by atoms with E-state index in [1.165, 1.54) is 12.3 Å². The highest BCUT2D eigenvalue weighted by atomic mass is 19.4. The van der Waals surface area contributed by atoms with E-state index in [-0.39, 0.29) is 12.3 Å². The van der Waals surface area contributed by atoms with Crippen molar-refractivity contribution in [1.82, 2.24) is 10.1 Å². The third-order valence-corrected chi connectivity index (χ3v) is 7.89. The first-order valence-electron chi connectivity index (χ1n) is 14.2. The molecule has 0 bridgehead atoms. The van der Waals surface area contributed by atoms with Crippen molar-refractivity contribution in [2.24, 2.45) is 0 Å². The zero-order valence-electron chi connectivity index (χ0n) is 24.7. The molecule has 4 aromatic rings. The van der Waals surface area contributed by atoms with E-state index >= 15 is 0 Å². The SMILES string of the molecule is COc1ccc(CCOc2cc3c(cc2OC)CCN(C(=O)CCc2ccon2)C3c2ccc(C(F)(F)F)cc2C)cc1N. The molecular formula is C33H34F3N3O5. The molecule has 44 heavy (non-hydrogen) atoms. The Balaban J connectivity index is 1.48. The van der Waals surface area contributed by atoms with Crippen LogP contribution in [-0.4, -0.2) is 43.3 Å². The van der Waals surface area contributed by atoms with Crippen molar-refractivity contribution in [1.29, 1.82) is 0 Å². The first-order valence-corrected chi connectivity index (χ1v) is 14.2. The molecule has 0 saturated heterocycles. The van der Waals surface area contributed by atoms with Crippen LogP contribution < -0.4 is 19.9 Å². The van der Waals surface area contributed by atoms with Gasteiger partial charge in [0.15, 0.2) is 11.5 Å². The summed E-state index contributed by atoms with van der Waals surface area (Å²) in [5.41, 5.74) is 10.2. The van der Waals surface area contributed by atoms with Crippen LogP contribution in [0.5, 0.6) is 17.2 Å². The lowest BCUT2D eigenvalue weighted by Crippen LogP contribution is -2.41. The summed E-state index contributed by atoms with van der Waals surface area (Å²) in [6.07, 6.45) is -1.38. The van der Waals surface area contributed by atoms with Gasteiger partial charge in [-0.1, -0.05) is 17.3 Å². The summed E-state index contributed by atoms with van der Waals surface area (Å²) in [4.78, 5) is 15.4. The van der Waals surface area contributed by atoms with E-state index in [0.717, 1.165) is 28.8 Å². The second-order valence-electron chi connectivity index (χ2n) is 10.7. The fraction of sp³-hybridized carbons (Fsp3) is 0.333. The van der Waals surface area contributed by atoms with Gasteiger partial charge in [-0.2, -0.15) is 13.2 Å². The Hall–Kier alpha value is -4.67. The molecule has 1 amide bonds. The van der Waals surface area contributed by atoms with Gasteiger partial charge in [-0.05, 0) is 77.6 Å². The van der Waals surface area contributed by atoms with Gasteiger partial charge in [-0.15, -0.1) is 0 Å². The van der Waals surface area contributed by atoms with Gasteiger partial charge in [0.25, 0.3) is 0 Å². The Morgan fingerprint density at radius 2 is 1.80 bits per heavy atom. The molecule has 2 N–H and O–H groups in total. The summed E-state index contributed by atoms with van der Waals surface area (Å²) in [5.74, 6) is 1.46. The molecule has 232 valence electrons. The summed E-state index contributed by atoms with van der Waals surface area (Å²) in [6, 6.07) is 14.0. The summed E-state index contributed by atoms with van der Waals surface area (Å²) in [5, 5.41) is 3.89.